The highest BCUT2D eigenvalue weighted by atomic mass is 35.5. The standard InChI is InChI=1S/C13H18ClNO2/c14-8-4-7-13(17)15-12(10-16)9-11-5-2-1-3-6-11/h1-3,5-6,12,16H,4,7-10H2,(H,15,17). The average molecular weight is 256 g/mol. The molecule has 1 aromatic carbocycles. The number of nitrogens with one attached hydrogen (secondary N) is 1. The molecule has 3 nitrogen and oxygen atoms in total. The molecule has 0 spiro atoms. The molecule has 2 N–H and O–H groups in total. The third-order valence-corrected chi connectivity index (χ3v) is 2.72. The quantitative estimate of drug-likeness (QED) is 0.729. The van der Waals surface area contributed by atoms with Crippen molar-refractivity contribution in [2.24, 2.45) is 0 Å². The fourth-order valence-electron chi connectivity index (χ4n) is 1.59. The van der Waals surface area contributed by atoms with Crippen molar-refractivity contribution in [1.29, 1.82) is 0 Å². The van der Waals surface area contributed by atoms with Gasteiger partial charge in [-0.1, -0.05) is 30.3 Å². The van der Waals surface area contributed by atoms with Gasteiger partial charge >= 0.3 is 0 Å². The number of hydrogen-bond donors (Lipinski definition) is 2. The zero-order valence-corrected chi connectivity index (χ0v) is 10.5. The van der Waals surface area contributed by atoms with Gasteiger partial charge in [-0.3, -0.25) is 4.79 Å². The van der Waals surface area contributed by atoms with Crippen LogP contribution in [0.1, 0.15) is 18.4 Å². The van der Waals surface area contributed by atoms with Gasteiger partial charge in [0.15, 0.2) is 0 Å². The summed E-state index contributed by atoms with van der Waals surface area (Å²) < 4.78 is 0. The molecule has 0 heterocycles. The van der Waals surface area contributed by atoms with Crippen molar-refractivity contribution in [3.05, 3.63) is 35.9 Å². The van der Waals surface area contributed by atoms with Crippen LogP contribution >= 0.6 is 11.6 Å². The van der Waals surface area contributed by atoms with E-state index in [9.17, 15) is 9.90 Å². The molecule has 4 heteroatoms. The molecular weight excluding hydrogens is 238 g/mol. The smallest absolute Gasteiger partial charge is 0.220 e. The highest BCUT2D eigenvalue weighted by Crippen LogP contribution is 2.03. The predicted molar refractivity (Wildman–Crippen MR) is 69.1 cm³/mol. The van der Waals surface area contributed by atoms with Crippen LogP contribution in [0.5, 0.6) is 0 Å². The first-order valence-corrected chi connectivity index (χ1v) is 6.30. The van der Waals surface area contributed by atoms with Gasteiger partial charge in [-0.2, -0.15) is 0 Å². The summed E-state index contributed by atoms with van der Waals surface area (Å²) in [6, 6.07) is 9.57. The lowest BCUT2D eigenvalue weighted by atomic mass is 10.1. The van der Waals surface area contributed by atoms with Crippen molar-refractivity contribution in [2.45, 2.75) is 25.3 Å². The van der Waals surface area contributed by atoms with Gasteiger partial charge in [0.1, 0.15) is 0 Å². The van der Waals surface area contributed by atoms with Crippen molar-refractivity contribution in [1.82, 2.24) is 5.32 Å². The van der Waals surface area contributed by atoms with Crippen LogP contribution in [-0.2, 0) is 11.2 Å². The molecule has 1 aromatic rings. The first-order valence-electron chi connectivity index (χ1n) is 5.76. The van der Waals surface area contributed by atoms with Crippen LogP contribution in [0, 0.1) is 0 Å². The van der Waals surface area contributed by atoms with Crippen LogP contribution < -0.4 is 5.32 Å². The van der Waals surface area contributed by atoms with E-state index in [-0.39, 0.29) is 18.6 Å². The van der Waals surface area contributed by atoms with Crippen LogP contribution in [-0.4, -0.2) is 29.5 Å². The fourth-order valence-corrected chi connectivity index (χ4v) is 1.72. The normalized spacial score (nSPS) is 12.1. The Morgan fingerprint density at radius 1 is 1.35 bits per heavy atom. The second-order valence-corrected chi connectivity index (χ2v) is 4.31. The van der Waals surface area contributed by atoms with E-state index in [1.165, 1.54) is 0 Å². The van der Waals surface area contributed by atoms with Crippen molar-refractivity contribution in [2.75, 3.05) is 12.5 Å². The molecule has 17 heavy (non-hydrogen) atoms. The van der Waals surface area contributed by atoms with E-state index >= 15 is 0 Å². The Bertz CT molecular complexity index is 329. The van der Waals surface area contributed by atoms with Crippen LogP contribution in [0.4, 0.5) is 0 Å². The zero-order chi connectivity index (χ0) is 12.5. The summed E-state index contributed by atoms with van der Waals surface area (Å²) in [6.45, 7) is -0.0541. The number of hydrogen-bond acceptors (Lipinski definition) is 2. The van der Waals surface area contributed by atoms with Crippen LogP contribution in [0.2, 0.25) is 0 Å². The predicted octanol–water partition coefficient (Wildman–Crippen LogP) is 1.73. The van der Waals surface area contributed by atoms with E-state index in [4.69, 9.17) is 11.6 Å². The lowest BCUT2D eigenvalue weighted by Crippen LogP contribution is -2.39. The second kappa shape index (κ2) is 8.09. The summed E-state index contributed by atoms with van der Waals surface area (Å²) in [7, 11) is 0. The molecule has 94 valence electrons. The lowest BCUT2D eigenvalue weighted by Gasteiger charge is -2.16. The van der Waals surface area contributed by atoms with Crippen molar-refractivity contribution in [3.8, 4) is 0 Å². The molecule has 0 saturated heterocycles. The number of aliphatic hydroxyl groups excluding tert-OH is 1. The monoisotopic (exact) mass is 255 g/mol. The first kappa shape index (κ1) is 14.0. The molecule has 0 bridgehead atoms. The van der Waals surface area contributed by atoms with Gasteiger partial charge in [0, 0.05) is 12.3 Å². The van der Waals surface area contributed by atoms with Gasteiger partial charge in [-0.05, 0) is 18.4 Å². The number of carbonyl (C=O) groups is 1. The minimum Gasteiger partial charge on any atom is -0.394 e. The summed E-state index contributed by atoms with van der Waals surface area (Å²) >= 11 is 5.52. The van der Waals surface area contributed by atoms with Gasteiger partial charge in [-0.15, -0.1) is 11.6 Å². The van der Waals surface area contributed by atoms with Crippen LogP contribution in [0.15, 0.2) is 30.3 Å². The average Bonchev–Trinajstić information content (AvgIpc) is 2.36. The molecule has 0 saturated carbocycles. The SMILES string of the molecule is O=C(CCCCl)NC(CO)Cc1ccccc1. The minimum absolute atomic E-state index is 0.0541. The van der Waals surface area contributed by atoms with E-state index in [1.807, 2.05) is 30.3 Å². The lowest BCUT2D eigenvalue weighted by molar-refractivity contribution is -0.122. The summed E-state index contributed by atoms with van der Waals surface area (Å²) in [5, 5.41) is 12.0. The van der Waals surface area contributed by atoms with E-state index in [2.05, 4.69) is 5.32 Å². The van der Waals surface area contributed by atoms with E-state index in [0.717, 1.165) is 5.56 Å². The van der Waals surface area contributed by atoms with Crippen molar-refractivity contribution in [3.63, 3.8) is 0 Å². The van der Waals surface area contributed by atoms with Crippen LogP contribution in [0.25, 0.3) is 0 Å². The van der Waals surface area contributed by atoms with E-state index < -0.39 is 0 Å². The van der Waals surface area contributed by atoms with Gasteiger partial charge in [0.25, 0.3) is 0 Å². The van der Waals surface area contributed by atoms with Crippen molar-refractivity contribution < 1.29 is 9.90 Å². The Morgan fingerprint density at radius 2 is 2.06 bits per heavy atom. The number of alkyl halides is 1. The topological polar surface area (TPSA) is 49.3 Å². The zero-order valence-electron chi connectivity index (χ0n) is 9.73. The molecule has 1 rings (SSSR count). The van der Waals surface area contributed by atoms with Gasteiger partial charge in [0.2, 0.25) is 5.91 Å². The van der Waals surface area contributed by atoms with Gasteiger partial charge in [-0.25, -0.2) is 0 Å². The summed E-state index contributed by atoms with van der Waals surface area (Å²) in [4.78, 5) is 11.5. The molecule has 0 aliphatic carbocycles. The second-order valence-electron chi connectivity index (χ2n) is 3.93. The Hall–Kier alpha value is -1.06. The van der Waals surface area contributed by atoms with E-state index in [1.54, 1.807) is 0 Å². The third-order valence-electron chi connectivity index (χ3n) is 2.45. The first-order chi connectivity index (χ1) is 8.26. The maximum absolute atomic E-state index is 11.5. The Kier molecular flexibility index (Phi) is 6.67. The molecule has 1 unspecified atom stereocenters. The van der Waals surface area contributed by atoms with Gasteiger partial charge in [0.05, 0.1) is 12.6 Å². The summed E-state index contributed by atoms with van der Waals surface area (Å²) in [6.07, 6.45) is 1.72. The Balaban J connectivity index is 2.41. The molecular formula is C13H18ClNO2. The number of amides is 1. The van der Waals surface area contributed by atoms with Gasteiger partial charge < -0.3 is 10.4 Å². The van der Waals surface area contributed by atoms with Crippen molar-refractivity contribution >= 4 is 17.5 Å². The number of benzene rings is 1. The maximum Gasteiger partial charge on any atom is 0.220 e. The third kappa shape index (κ3) is 5.71. The number of carbonyl (C=O) groups excluding carboxylic acids is 1. The highest BCUT2D eigenvalue weighted by Gasteiger charge is 2.11. The minimum atomic E-state index is -0.222. The van der Waals surface area contributed by atoms with Crippen LogP contribution in [0.3, 0.4) is 0 Å². The fraction of sp³-hybridized carbons (Fsp3) is 0.462. The Labute approximate surface area is 107 Å². The largest absolute Gasteiger partial charge is 0.394 e. The molecule has 0 fully saturated rings. The Morgan fingerprint density at radius 3 is 2.65 bits per heavy atom. The number of aliphatic hydroxyl groups is 1. The molecule has 1 amide bonds. The van der Waals surface area contributed by atoms with E-state index in [0.29, 0.717) is 25.1 Å². The maximum atomic E-state index is 11.5. The molecule has 0 aliphatic heterocycles. The summed E-state index contributed by atoms with van der Waals surface area (Å²) in [5.41, 5.74) is 1.10. The molecule has 0 aromatic heterocycles. The molecule has 1 atom stereocenters. The number of rotatable bonds is 7. The highest BCUT2D eigenvalue weighted by molar-refractivity contribution is 6.17. The number of halogens is 1. The molecule has 0 radical (unpaired) electrons. The summed E-state index contributed by atoms with van der Waals surface area (Å²) in [5.74, 6) is 0.427. The molecule has 0 aliphatic rings.